The summed E-state index contributed by atoms with van der Waals surface area (Å²) in [7, 11) is 0. The van der Waals surface area contributed by atoms with Gasteiger partial charge < -0.3 is 0 Å². The van der Waals surface area contributed by atoms with Crippen LogP contribution in [0.1, 0.15) is 39.5 Å². The predicted octanol–water partition coefficient (Wildman–Crippen LogP) is 1.93. The van der Waals surface area contributed by atoms with Gasteiger partial charge in [0.2, 0.25) is 0 Å². The average molecular weight is 151 g/mol. The molecule has 0 heterocycles. The first-order chi connectivity index (χ1) is 5.14. The first kappa shape index (κ1) is 8.62. The van der Waals surface area contributed by atoms with E-state index in [9.17, 15) is 0 Å². The summed E-state index contributed by atoms with van der Waals surface area (Å²) in [6, 6.07) is 0.668. The highest BCUT2D eigenvalue weighted by Gasteiger charge is 2.21. The Morgan fingerprint density at radius 1 is 1.36 bits per heavy atom. The zero-order valence-electron chi connectivity index (χ0n) is 7.48. The molecule has 1 fully saturated rings. The molecule has 1 aliphatic carbocycles. The van der Waals surface area contributed by atoms with Crippen molar-refractivity contribution in [1.29, 1.82) is 0 Å². The molecule has 0 atom stereocenters. The third-order valence-electron chi connectivity index (χ3n) is 2.28. The van der Waals surface area contributed by atoms with E-state index in [1.807, 2.05) is 0 Å². The normalized spacial score (nSPS) is 20.1. The molecule has 1 N–H and O–H groups in total. The predicted molar refractivity (Wildman–Crippen MR) is 48.3 cm³/mol. The zero-order valence-corrected chi connectivity index (χ0v) is 7.48. The standard InChI is InChI=1S/C10H17N/c1-4-10(2,3)11-9-7-5-6-8-9/h1,9,11H,5-8H2,2-3H3. The lowest BCUT2D eigenvalue weighted by Gasteiger charge is -2.24. The first-order valence-electron chi connectivity index (χ1n) is 4.39. The number of hydrogen-bond acceptors (Lipinski definition) is 1. The molecule has 0 spiro atoms. The van der Waals surface area contributed by atoms with Crippen LogP contribution < -0.4 is 5.32 Å². The second kappa shape index (κ2) is 3.28. The van der Waals surface area contributed by atoms with Crippen LogP contribution in [-0.4, -0.2) is 11.6 Å². The molecular weight excluding hydrogens is 134 g/mol. The van der Waals surface area contributed by atoms with Crippen LogP contribution >= 0.6 is 0 Å². The lowest BCUT2D eigenvalue weighted by molar-refractivity contribution is 0.408. The second-order valence-corrected chi connectivity index (χ2v) is 3.90. The van der Waals surface area contributed by atoms with Crippen molar-refractivity contribution >= 4 is 0 Å². The number of nitrogens with one attached hydrogen (secondary N) is 1. The lowest BCUT2D eigenvalue weighted by atomic mass is 10.0. The van der Waals surface area contributed by atoms with E-state index < -0.39 is 0 Å². The molecular formula is C10H17N. The van der Waals surface area contributed by atoms with E-state index in [4.69, 9.17) is 6.42 Å². The van der Waals surface area contributed by atoms with Crippen molar-refractivity contribution in [3.8, 4) is 12.3 Å². The summed E-state index contributed by atoms with van der Waals surface area (Å²) in [5.41, 5.74) is -0.116. The Hall–Kier alpha value is -0.480. The Bertz CT molecular complexity index is 158. The minimum atomic E-state index is -0.116. The highest BCUT2D eigenvalue weighted by molar-refractivity contribution is 5.08. The van der Waals surface area contributed by atoms with Gasteiger partial charge in [0.15, 0.2) is 0 Å². The monoisotopic (exact) mass is 151 g/mol. The molecule has 0 aromatic rings. The third-order valence-corrected chi connectivity index (χ3v) is 2.28. The molecule has 0 saturated heterocycles. The summed E-state index contributed by atoms with van der Waals surface area (Å²) < 4.78 is 0. The fourth-order valence-electron chi connectivity index (χ4n) is 1.62. The van der Waals surface area contributed by atoms with E-state index in [1.165, 1.54) is 25.7 Å². The molecule has 0 bridgehead atoms. The molecule has 1 aliphatic rings. The van der Waals surface area contributed by atoms with E-state index in [2.05, 4.69) is 25.1 Å². The molecule has 0 aliphatic heterocycles. The van der Waals surface area contributed by atoms with Gasteiger partial charge in [-0.1, -0.05) is 18.8 Å². The van der Waals surface area contributed by atoms with Crippen LogP contribution in [0.15, 0.2) is 0 Å². The number of rotatable bonds is 2. The minimum Gasteiger partial charge on any atom is -0.299 e. The molecule has 1 saturated carbocycles. The van der Waals surface area contributed by atoms with Gasteiger partial charge >= 0.3 is 0 Å². The number of terminal acetylenes is 1. The minimum absolute atomic E-state index is 0.116. The highest BCUT2D eigenvalue weighted by Crippen LogP contribution is 2.19. The summed E-state index contributed by atoms with van der Waals surface area (Å²) >= 11 is 0. The van der Waals surface area contributed by atoms with Crippen LogP contribution in [0.3, 0.4) is 0 Å². The van der Waals surface area contributed by atoms with Gasteiger partial charge in [0.05, 0.1) is 5.54 Å². The SMILES string of the molecule is C#CC(C)(C)NC1CCCC1. The van der Waals surface area contributed by atoms with Gasteiger partial charge in [-0.3, -0.25) is 5.32 Å². The van der Waals surface area contributed by atoms with Gasteiger partial charge in [-0.15, -0.1) is 6.42 Å². The van der Waals surface area contributed by atoms with Crippen molar-refractivity contribution in [2.45, 2.75) is 51.1 Å². The third kappa shape index (κ3) is 2.55. The summed E-state index contributed by atoms with van der Waals surface area (Å²) in [6.45, 7) is 4.12. The van der Waals surface area contributed by atoms with E-state index in [0.717, 1.165) is 0 Å². The van der Waals surface area contributed by atoms with Gasteiger partial charge in [0.1, 0.15) is 0 Å². The van der Waals surface area contributed by atoms with E-state index in [1.54, 1.807) is 0 Å². The fraction of sp³-hybridized carbons (Fsp3) is 0.800. The van der Waals surface area contributed by atoms with Crippen LogP contribution in [0.2, 0.25) is 0 Å². The van der Waals surface area contributed by atoms with Gasteiger partial charge in [-0.2, -0.15) is 0 Å². The topological polar surface area (TPSA) is 12.0 Å². The molecule has 1 rings (SSSR count). The van der Waals surface area contributed by atoms with Crippen molar-refractivity contribution < 1.29 is 0 Å². The van der Waals surface area contributed by atoms with E-state index in [-0.39, 0.29) is 5.54 Å². The molecule has 0 aromatic heterocycles. The van der Waals surface area contributed by atoms with Gasteiger partial charge in [-0.05, 0) is 26.7 Å². The maximum atomic E-state index is 5.37. The fourth-order valence-corrected chi connectivity index (χ4v) is 1.62. The summed E-state index contributed by atoms with van der Waals surface area (Å²) in [6.07, 6.45) is 10.7. The average Bonchev–Trinajstić information content (AvgIpc) is 2.39. The largest absolute Gasteiger partial charge is 0.299 e. The molecule has 11 heavy (non-hydrogen) atoms. The van der Waals surface area contributed by atoms with E-state index >= 15 is 0 Å². The Labute approximate surface area is 69.6 Å². The second-order valence-electron chi connectivity index (χ2n) is 3.90. The Morgan fingerprint density at radius 3 is 2.36 bits per heavy atom. The smallest absolute Gasteiger partial charge is 0.0743 e. The van der Waals surface area contributed by atoms with Gasteiger partial charge in [0, 0.05) is 6.04 Å². The molecule has 0 radical (unpaired) electrons. The maximum Gasteiger partial charge on any atom is 0.0743 e. The van der Waals surface area contributed by atoms with Crippen LogP contribution in [0, 0.1) is 12.3 Å². The van der Waals surface area contributed by atoms with Crippen LogP contribution in [0.25, 0.3) is 0 Å². The zero-order chi connectivity index (χ0) is 8.32. The van der Waals surface area contributed by atoms with Crippen molar-refractivity contribution in [3.05, 3.63) is 0 Å². The summed E-state index contributed by atoms with van der Waals surface area (Å²) in [4.78, 5) is 0. The molecule has 62 valence electrons. The Balaban J connectivity index is 2.35. The van der Waals surface area contributed by atoms with Crippen LogP contribution in [-0.2, 0) is 0 Å². The van der Waals surface area contributed by atoms with E-state index in [0.29, 0.717) is 6.04 Å². The molecule has 1 nitrogen and oxygen atoms in total. The molecule has 0 amide bonds. The first-order valence-corrected chi connectivity index (χ1v) is 4.39. The Morgan fingerprint density at radius 2 is 1.91 bits per heavy atom. The van der Waals surface area contributed by atoms with Crippen molar-refractivity contribution in [2.24, 2.45) is 0 Å². The summed E-state index contributed by atoms with van der Waals surface area (Å²) in [5, 5.41) is 3.47. The maximum absolute atomic E-state index is 5.37. The van der Waals surface area contributed by atoms with Crippen LogP contribution in [0.4, 0.5) is 0 Å². The molecule has 0 aromatic carbocycles. The summed E-state index contributed by atoms with van der Waals surface area (Å²) in [5.74, 6) is 2.76. The Kier molecular flexibility index (Phi) is 2.57. The van der Waals surface area contributed by atoms with Gasteiger partial charge in [-0.25, -0.2) is 0 Å². The van der Waals surface area contributed by atoms with Crippen LogP contribution in [0.5, 0.6) is 0 Å². The van der Waals surface area contributed by atoms with Crippen molar-refractivity contribution in [1.82, 2.24) is 5.32 Å². The highest BCUT2D eigenvalue weighted by atomic mass is 15.0. The lowest BCUT2D eigenvalue weighted by Crippen LogP contribution is -2.43. The van der Waals surface area contributed by atoms with Crippen molar-refractivity contribution in [2.75, 3.05) is 0 Å². The molecule has 0 unspecified atom stereocenters. The number of hydrogen-bond donors (Lipinski definition) is 1. The van der Waals surface area contributed by atoms with Gasteiger partial charge in [0.25, 0.3) is 0 Å². The quantitative estimate of drug-likeness (QED) is 0.595. The molecule has 1 heteroatoms. The van der Waals surface area contributed by atoms with Crippen molar-refractivity contribution in [3.63, 3.8) is 0 Å².